The zero-order valence-electron chi connectivity index (χ0n) is 16.6. The summed E-state index contributed by atoms with van der Waals surface area (Å²) >= 11 is 1.74. The molecule has 0 radical (unpaired) electrons. The lowest BCUT2D eigenvalue weighted by atomic mass is 10.1. The Morgan fingerprint density at radius 3 is 2.41 bits per heavy atom. The van der Waals surface area contributed by atoms with Crippen LogP contribution in [0, 0.1) is 11.8 Å². The van der Waals surface area contributed by atoms with Gasteiger partial charge in [-0.15, -0.1) is 16.7 Å². The molecule has 0 saturated heterocycles. The van der Waals surface area contributed by atoms with E-state index in [0.717, 1.165) is 17.9 Å². The molecule has 29 heavy (non-hydrogen) atoms. The molecule has 1 aromatic heterocycles. The predicted molar refractivity (Wildman–Crippen MR) is 117 cm³/mol. The number of nitroso groups, excluding NO2 is 1. The van der Waals surface area contributed by atoms with Crippen molar-refractivity contribution in [2.45, 2.75) is 31.2 Å². The second-order valence-electron chi connectivity index (χ2n) is 6.72. The summed E-state index contributed by atoms with van der Waals surface area (Å²) < 4.78 is 8.17. The summed E-state index contributed by atoms with van der Waals surface area (Å²) in [5, 5.41) is 2.41. The quantitative estimate of drug-likeness (QED) is 0.347. The van der Waals surface area contributed by atoms with Crippen LogP contribution in [0.25, 0.3) is 11.3 Å². The Morgan fingerprint density at radius 1 is 1.03 bits per heavy atom. The van der Waals surface area contributed by atoms with Crippen LogP contribution in [0.2, 0.25) is 0 Å². The average molecular weight is 409 g/mol. The van der Waals surface area contributed by atoms with E-state index in [0.29, 0.717) is 13.0 Å². The molecule has 1 heterocycles. The van der Waals surface area contributed by atoms with Crippen molar-refractivity contribution < 1.29 is 9.53 Å². The minimum absolute atomic E-state index is 0.136. The largest absolute Gasteiger partial charge is 0.492 e. The van der Waals surface area contributed by atoms with Gasteiger partial charge in [-0.05, 0) is 67.1 Å². The lowest BCUT2D eigenvalue weighted by Gasteiger charge is -2.13. The van der Waals surface area contributed by atoms with Crippen LogP contribution in [0.15, 0.2) is 70.7 Å². The molecular formula is C23H24N2O3S. The molecule has 0 aliphatic carbocycles. The molecule has 0 aliphatic heterocycles. The van der Waals surface area contributed by atoms with E-state index in [1.807, 2.05) is 24.3 Å². The Balaban J connectivity index is 1.58. The molecule has 6 heteroatoms. The number of rotatable bonds is 9. The van der Waals surface area contributed by atoms with E-state index < -0.39 is 5.91 Å². The van der Waals surface area contributed by atoms with Crippen LogP contribution in [-0.2, 0) is 17.8 Å². The van der Waals surface area contributed by atoms with Crippen LogP contribution in [0.1, 0.15) is 17.7 Å². The van der Waals surface area contributed by atoms with Crippen LogP contribution < -0.4 is 4.74 Å². The van der Waals surface area contributed by atoms with Crippen molar-refractivity contribution in [2.75, 3.05) is 12.9 Å². The average Bonchev–Trinajstić information content (AvgIpc) is 3.13. The summed E-state index contributed by atoms with van der Waals surface area (Å²) in [5.74, 6) is 0.163. The summed E-state index contributed by atoms with van der Waals surface area (Å²) in [6.07, 6.45) is 2.72. The van der Waals surface area contributed by atoms with E-state index >= 15 is 0 Å². The third-order valence-electron chi connectivity index (χ3n) is 4.82. The number of amides is 1. The van der Waals surface area contributed by atoms with Crippen molar-refractivity contribution in [1.82, 2.24) is 4.57 Å². The Bertz CT molecular complexity index is 963. The minimum atomic E-state index is -0.619. The van der Waals surface area contributed by atoms with Crippen molar-refractivity contribution in [3.63, 3.8) is 0 Å². The molecule has 150 valence electrons. The Hall–Kier alpha value is -2.86. The first-order chi connectivity index (χ1) is 14.1. The summed E-state index contributed by atoms with van der Waals surface area (Å²) in [6, 6.07) is 20.5. The van der Waals surface area contributed by atoms with Gasteiger partial charge < -0.3 is 9.30 Å². The van der Waals surface area contributed by atoms with Gasteiger partial charge in [0, 0.05) is 27.9 Å². The first-order valence-electron chi connectivity index (χ1n) is 9.49. The zero-order valence-corrected chi connectivity index (χ0v) is 17.4. The van der Waals surface area contributed by atoms with Gasteiger partial charge in [0.05, 0.1) is 6.54 Å². The van der Waals surface area contributed by atoms with Crippen molar-refractivity contribution in [2.24, 2.45) is 5.18 Å². The van der Waals surface area contributed by atoms with E-state index in [4.69, 9.17) is 4.74 Å². The second kappa shape index (κ2) is 10.1. The molecule has 0 atom stereocenters. The number of thioether (sulfide) groups is 1. The molecule has 3 aromatic rings. The number of benzene rings is 2. The fraction of sp³-hybridized carbons (Fsp3) is 0.261. The lowest BCUT2D eigenvalue weighted by molar-refractivity contribution is -0.117. The topological polar surface area (TPSA) is 60.7 Å². The number of aryl methyl sites for hydroxylation is 2. The summed E-state index contributed by atoms with van der Waals surface area (Å²) in [5.41, 5.74) is 4.55. The number of ether oxygens (including phenoxy) is 1. The zero-order chi connectivity index (χ0) is 20.6. The van der Waals surface area contributed by atoms with Crippen molar-refractivity contribution in [1.29, 1.82) is 0 Å². The Kier molecular flexibility index (Phi) is 7.25. The molecule has 3 rings (SSSR count). The molecule has 0 aliphatic rings. The van der Waals surface area contributed by atoms with Crippen LogP contribution >= 0.6 is 11.8 Å². The highest BCUT2D eigenvalue weighted by Crippen LogP contribution is 2.25. The first-order valence-corrected chi connectivity index (χ1v) is 10.7. The van der Waals surface area contributed by atoms with Crippen LogP contribution in [0.5, 0.6) is 5.75 Å². The SMILES string of the molecule is CSc1ccc(-c2ccc(C)n2CCOc2ccc(CCC(=O)N=O)cc2)cc1. The minimum Gasteiger partial charge on any atom is -0.492 e. The lowest BCUT2D eigenvalue weighted by Crippen LogP contribution is -2.10. The number of nitrogens with zero attached hydrogens (tertiary/aromatic N) is 2. The van der Waals surface area contributed by atoms with Crippen LogP contribution in [-0.4, -0.2) is 23.3 Å². The number of aromatic nitrogens is 1. The number of hydrogen-bond donors (Lipinski definition) is 0. The van der Waals surface area contributed by atoms with E-state index in [9.17, 15) is 9.70 Å². The maximum absolute atomic E-state index is 11.0. The molecule has 5 nitrogen and oxygen atoms in total. The standard InChI is InChI=1S/C23H24N2O3S/c1-17-3-13-22(19-7-11-21(29-2)12-8-19)25(17)15-16-28-20-9-4-18(5-10-20)6-14-23(26)24-27/h3-5,7-13H,6,14-16H2,1-2H3. The third kappa shape index (κ3) is 5.57. The van der Waals surface area contributed by atoms with Crippen LogP contribution in [0.3, 0.4) is 0 Å². The molecule has 1 amide bonds. The molecule has 0 fully saturated rings. The van der Waals surface area contributed by atoms with Gasteiger partial charge in [-0.1, -0.05) is 24.3 Å². The summed E-state index contributed by atoms with van der Waals surface area (Å²) in [6.45, 7) is 3.40. The fourth-order valence-corrected chi connectivity index (χ4v) is 3.59. The second-order valence-corrected chi connectivity index (χ2v) is 7.60. The molecular weight excluding hydrogens is 384 g/mol. The molecule has 0 unspecified atom stereocenters. The van der Waals surface area contributed by atoms with Crippen LogP contribution in [0.4, 0.5) is 0 Å². The Labute approximate surface area is 175 Å². The smallest absolute Gasteiger partial charge is 0.286 e. The normalized spacial score (nSPS) is 10.7. The van der Waals surface area contributed by atoms with E-state index in [-0.39, 0.29) is 6.42 Å². The third-order valence-corrected chi connectivity index (χ3v) is 5.56. The molecule has 0 spiro atoms. The van der Waals surface area contributed by atoms with Gasteiger partial charge in [0.1, 0.15) is 12.4 Å². The number of hydrogen-bond acceptors (Lipinski definition) is 4. The van der Waals surface area contributed by atoms with Gasteiger partial charge in [0.25, 0.3) is 5.91 Å². The molecule has 0 bridgehead atoms. The van der Waals surface area contributed by atoms with Gasteiger partial charge >= 0.3 is 0 Å². The summed E-state index contributed by atoms with van der Waals surface area (Å²) in [4.78, 5) is 22.4. The van der Waals surface area contributed by atoms with E-state index in [2.05, 4.69) is 59.3 Å². The summed E-state index contributed by atoms with van der Waals surface area (Å²) in [7, 11) is 0. The monoisotopic (exact) mass is 408 g/mol. The fourth-order valence-electron chi connectivity index (χ4n) is 3.18. The molecule has 2 aromatic carbocycles. The van der Waals surface area contributed by atoms with Crippen molar-refractivity contribution in [3.05, 3.63) is 76.8 Å². The van der Waals surface area contributed by atoms with Gasteiger partial charge in [-0.2, -0.15) is 0 Å². The van der Waals surface area contributed by atoms with Crippen molar-refractivity contribution >= 4 is 17.7 Å². The van der Waals surface area contributed by atoms with Gasteiger partial charge in [-0.3, -0.25) is 4.79 Å². The predicted octanol–water partition coefficient (Wildman–Crippen LogP) is 5.49. The molecule has 0 saturated carbocycles. The maximum Gasteiger partial charge on any atom is 0.286 e. The van der Waals surface area contributed by atoms with Gasteiger partial charge in [0.2, 0.25) is 0 Å². The molecule has 0 N–H and O–H groups in total. The first kappa shape index (κ1) is 20.9. The highest BCUT2D eigenvalue weighted by atomic mass is 32.2. The van der Waals surface area contributed by atoms with Crippen molar-refractivity contribution in [3.8, 4) is 17.0 Å². The Morgan fingerprint density at radius 2 is 1.76 bits per heavy atom. The number of carbonyl (C=O) groups is 1. The number of carbonyl (C=O) groups excluding carboxylic acids is 1. The van der Waals surface area contributed by atoms with E-state index in [1.165, 1.54) is 21.8 Å². The van der Waals surface area contributed by atoms with E-state index in [1.54, 1.807) is 11.8 Å². The highest BCUT2D eigenvalue weighted by Gasteiger charge is 2.08. The van der Waals surface area contributed by atoms with Gasteiger partial charge in [0.15, 0.2) is 0 Å². The van der Waals surface area contributed by atoms with Gasteiger partial charge in [-0.25, -0.2) is 0 Å². The highest BCUT2D eigenvalue weighted by molar-refractivity contribution is 7.98. The maximum atomic E-state index is 11.0.